The van der Waals surface area contributed by atoms with E-state index in [9.17, 15) is 8.42 Å². The van der Waals surface area contributed by atoms with Crippen molar-refractivity contribution in [1.29, 1.82) is 0 Å². The maximum atomic E-state index is 12.5. The van der Waals surface area contributed by atoms with E-state index < -0.39 is 10.0 Å². The predicted molar refractivity (Wildman–Crippen MR) is 70.9 cm³/mol. The second kappa shape index (κ2) is 5.07. The first-order chi connectivity index (χ1) is 8.34. The Balaban J connectivity index is 2.33. The number of sulfonamides is 1. The van der Waals surface area contributed by atoms with Crippen molar-refractivity contribution in [3.8, 4) is 0 Å². The van der Waals surface area contributed by atoms with E-state index in [1.165, 1.54) is 8.99 Å². The Bertz CT molecular complexity index is 527. The zero-order valence-corrected chi connectivity index (χ0v) is 13.2. The maximum absolute atomic E-state index is 12.5. The number of piperidine rings is 1. The zero-order valence-electron chi connectivity index (χ0n) is 10.0. The molecule has 1 aliphatic heterocycles. The van der Waals surface area contributed by atoms with Gasteiger partial charge in [-0.2, -0.15) is 4.31 Å². The standard InChI is InChI=1S/C9H14BrClN4O2S/c1-6-5-15(4-3-7(6)11)18(16,17)9-8(10)12-13-14(9)2/h6-7H,3-5H2,1-2H3. The summed E-state index contributed by atoms with van der Waals surface area (Å²) in [6.07, 6.45) is 0.658. The van der Waals surface area contributed by atoms with Crippen LogP contribution in [0.5, 0.6) is 0 Å². The number of aryl methyl sites for hydroxylation is 1. The number of hydrogen-bond acceptors (Lipinski definition) is 4. The molecule has 0 bridgehead atoms. The van der Waals surface area contributed by atoms with Crippen molar-refractivity contribution in [2.45, 2.75) is 23.7 Å². The van der Waals surface area contributed by atoms with Gasteiger partial charge in [0.25, 0.3) is 10.0 Å². The molecule has 1 aromatic rings. The molecule has 0 saturated carbocycles. The average Bonchev–Trinajstić information content (AvgIpc) is 2.62. The largest absolute Gasteiger partial charge is 0.263 e. The molecule has 9 heteroatoms. The molecule has 18 heavy (non-hydrogen) atoms. The molecule has 2 atom stereocenters. The van der Waals surface area contributed by atoms with E-state index in [-0.39, 0.29) is 20.9 Å². The fourth-order valence-corrected chi connectivity index (χ4v) is 4.78. The Kier molecular flexibility index (Phi) is 4.01. The van der Waals surface area contributed by atoms with E-state index in [0.29, 0.717) is 19.5 Å². The van der Waals surface area contributed by atoms with Crippen molar-refractivity contribution >= 4 is 37.6 Å². The van der Waals surface area contributed by atoms with Gasteiger partial charge in [-0.1, -0.05) is 12.1 Å². The highest BCUT2D eigenvalue weighted by Gasteiger charge is 2.36. The van der Waals surface area contributed by atoms with Crippen LogP contribution >= 0.6 is 27.5 Å². The summed E-state index contributed by atoms with van der Waals surface area (Å²) >= 11 is 9.23. The monoisotopic (exact) mass is 356 g/mol. The molecule has 6 nitrogen and oxygen atoms in total. The van der Waals surface area contributed by atoms with Crippen LogP contribution in [0.15, 0.2) is 9.63 Å². The Hall–Kier alpha value is -0.180. The lowest BCUT2D eigenvalue weighted by molar-refractivity contribution is 0.284. The van der Waals surface area contributed by atoms with Gasteiger partial charge in [0.1, 0.15) is 0 Å². The molecule has 1 aromatic heterocycles. The normalized spacial score (nSPS) is 26.4. The summed E-state index contributed by atoms with van der Waals surface area (Å²) in [7, 11) is -2.01. The minimum absolute atomic E-state index is 0.0320. The van der Waals surface area contributed by atoms with Crippen LogP contribution in [-0.2, 0) is 17.1 Å². The third-order valence-electron chi connectivity index (χ3n) is 3.08. The van der Waals surface area contributed by atoms with Gasteiger partial charge in [0, 0.05) is 25.5 Å². The Morgan fingerprint density at radius 1 is 1.50 bits per heavy atom. The molecule has 0 N–H and O–H groups in total. The van der Waals surface area contributed by atoms with E-state index in [1.807, 2.05) is 6.92 Å². The molecule has 0 aliphatic carbocycles. The number of aromatic nitrogens is 3. The SMILES string of the molecule is CC1CN(S(=O)(=O)c2c(Br)nnn2C)CCC1Cl. The van der Waals surface area contributed by atoms with Crippen LogP contribution in [0.1, 0.15) is 13.3 Å². The van der Waals surface area contributed by atoms with Crippen molar-refractivity contribution in [2.24, 2.45) is 13.0 Å². The van der Waals surface area contributed by atoms with Crippen molar-refractivity contribution < 1.29 is 8.42 Å². The third kappa shape index (κ3) is 2.43. The summed E-state index contributed by atoms with van der Waals surface area (Å²) in [6.45, 7) is 2.81. The average molecular weight is 358 g/mol. The minimum Gasteiger partial charge on any atom is -0.235 e. The van der Waals surface area contributed by atoms with Gasteiger partial charge in [-0.3, -0.25) is 0 Å². The first-order valence-corrected chi connectivity index (χ1v) is 8.20. The van der Waals surface area contributed by atoms with Gasteiger partial charge >= 0.3 is 0 Å². The second-order valence-corrected chi connectivity index (χ2v) is 7.62. The van der Waals surface area contributed by atoms with Gasteiger partial charge in [-0.05, 0) is 28.3 Å². The smallest absolute Gasteiger partial charge is 0.235 e. The quantitative estimate of drug-likeness (QED) is 0.746. The molecule has 102 valence electrons. The molecule has 0 spiro atoms. The molecule has 0 radical (unpaired) electrons. The molecule has 0 amide bonds. The number of halogens is 2. The lowest BCUT2D eigenvalue weighted by Gasteiger charge is -2.32. The maximum Gasteiger partial charge on any atom is 0.263 e. The van der Waals surface area contributed by atoms with Gasteiger partial charge in [-0.15, -0.1) is 16.7 Å². The molecule has 1 aliphatic rings. The van der Waals surface area contributed by atoms with E-state index in [1.54, 1.807) is 7.05 Å². The molecular formula is C9H14BrClN4O2S. The molecule has 2 heterocycles. The lowest BCUT2D eigenvalue weighted by atomic mass is 10.0. The fourth-order valence-electron chi connectivity index (χ4n) is 2.02. The summed E-state index contributed by atoms with van der Waals surface area (Å²) in [6, 6.07) is 0. The van der Waals surface area contributed by atoms with E-state index in [2.05, 4.69) is 26.2 Å². The van der Waals surface area contributed by atoms with Gasteiger partial charge in [0.2, 0.25) is 5.03 Å². The van der Waals surface area contributed by atoms with Crippen molar-refractivity contribution in [1.82, 2.24) is 19.3 Å². The van der Waals surface area contributed by atoms with E-state index in [0.717, 1.165) is 0 Å². The first kappa shape index (κ1) is 14.2. The number of hydrogen-bond donors (Lipinski definition) is 0. The van der Waals surface area contributed by atoms with E-state index in [4.69, 9.17) is 11.6 Å². The minimum atomic E-state index is -3.57. The topological polar surface area (TPSA) is 68.1 Å². The molecule has 2 rings (SSSR count). The van der Waals surface area contributed by atoms with Crippen LogP contribution in [0.25, 0.3) is 0 Å². The van der Waals surface area contributed by atoms with Crippen molar-refractivity contribution in [3.05, 3.63) is 4.60 Å². The summed E-state index contributed by atoms with van der Waals surface area (Å²) in [5.74, 6) is 0.134. The van der Waals surface area contributed by atoms with Gasteiger partial charge in [0.05, 0.1) is 0 Å². The molecule has 1 saturated heterocycles. The summed E-state index contributed by atoms with van der Waals surface area (Å²) in [5.41, 5.74) is 0. The molecule has 0 aromatic carbocycles. The van der Waals surface area contributed by atoms with Crippen LogP contribution in [0.4, 0.5) is 0 Å². The van der Waals surface area contributed by atoms with Crippen LogP contribution in [-0.4, -0.2) is 46.2 Å². The lowest BCUT2D eigenvalue weighted by Crippen LogP contribution is -2.43. The fraction of sp³-hybridized carbons (Fsp3) is 0.778. The second-order valence-electron chi connectivity index (χ2n) is 4.45. The first-order valence-electron chi connectivity index (χ1n) is 5.53. The van der Waals surface area contributed by atoms with Gasteiger partial charge < -0.3 is 0 Å². The summed E-state index contributed by atoms with van der Waals surface area (Å²) in [5, 5.41) is 7.53. The zero-order chi connectivity index (χ0) is 13.5. The van der Waals surface area contributed by atoms with Gasteiger partial charge in [-0.25, -0.2) is 13.1 Å². The molecular weight excluding hydrogens is 344 g/mol. The molecule has 2 unspecified atom stereocenters. The Labute approximate surface area is 119 Å². The number of alkyl halides is 1. The Morgan fingerprint density at radius 2 is 2.17 bits per heavy atom. The highest BCUT2D eigenvalue weighted by Crippen LogP contribution is 2.28. The number of rotatable bonds is 2. The van der Waals surface area contributed by atoms with Crippen LogP contribution in [0.2, 0.25) is 0 Å². The number of nitrogens with zero attached hydrogens (tertiary/aromatic N) is 4. The summed E-state index contributed by atoms with van der Waals surface area (Å²) in [4.78, 5) is 0. The van der Waals surface area contributed by atoms with Crippen LogP contribution < -0.4 is 0 Å². The van der Waals surface area contributed by atoms with Crippen molar-refractivity contribution in [3.63, 3.8) is 0 Å². The van der Waals surface area contributed by atoms with E-state index >= 15 is 0 Å². The highest BCUT2D eigenvalue weighted by molar-refractivity contribution is 9.10. The highest BCUT2D eigenvalue weighted by atomic mass is 79.9. The third-order valence-corrected chi connectivity index (χ3v) is 6.49. The Morgan fingerprint density at radius 3 is 2.67 bits per heavy atom. The van der Waals surface area contributed by atoms with Crippen LogP contribution in [0.3, 0.4) is 0 Å². The predicted octanol–water partition coefficient (Wildman–Crippen LogP) is 1.22. The van der Waals surface area contributed by atoms with Crippen LogP contribution in [0, 0.1) is 5.92 Å². The van der Waals surface area contributed by atoms with Gasteiger partial charge in [0.15, 0.2) is 4.60 Å². The van der Waals surface area contributed by atoms with Crippen molar-refractivity contribution in [2.75, 3.05) is 13.1 Å². The summed E-state index contributed by atoms with van der Waals surface area (Å²) < 4.78 is 27.9. The molecule has 1 fully saturated rings.